The number of carbonyl (C=O) groups is 1. The van der Waals surface area contributed by atoms with Crippen molar-refractivity contribution in [1.29, 1.82) is 5.26 Å². The van der Waals surface area contributed by atoms with Crippen LogP contribution in [0.15, 0.2) is 18.2 Å². The van der Waals surface area contributed by atoms with Crippen LogP contribution in [-0.4, -0.2) is 29.6 Å². The van der Waals surface area contributed by atoms with Gasteiger partial charge in [-0.3, -0.25) is 9.69 Å². The molecule has 0 unspecified atom stereocenters. The second-order valence-corrected chi connectivity index (χ2v) is 3.49. The van der Waals surface area contributed by atoms with Gasteiger partial charge in [0.15, 0.2) is 0 Å². The Morgan fingerprint density at radius 3 is 2.88 bits per heavy atom. The summed E-state index contributed by atoms with van der Waals surface area (Å²) in [5.74, 6) is -1.49. The number of nitrogens with zero attached hydrogens (tertiary/aromatic N) is 2. The number of carboxylic acid groups (broad SMARTS) is 1. The lowest BCUT2D eigenvalue weighted by Gasteiger charge is -2.13. The Kier molecular flexibility index (Phi) is 3.97. The van der Waals surface area contributed by atoms with E-state index in [-0.39, 0.29) is 12.1 Å². The van der Waals surface area contributed by atoms with E-state index < -0.39 is 11.8 Å². The van der Waals surface area contributed by atoms with Gasteiger partial charge in [0.25, 0.3) is 0 Å². The number of likely N-dealkylation sites (N-methyl/N-ethyl adjacent to an activating group) is 1. The van der Waals surface area contributed by atoms with Crippen molar-refractivity contribution in [1.82, 2.24) is 4.90 Å². The molecule has 0 spiro atoms. The fourth-order valence-electron chi connectivity index (χ4n) is 1.35. The van der Waals surface area contributed by atoms with Crippen LogP contribution in [0.2, 0.25) is 0 Å². The number of hydrogen-bond acceptors (Lipinski definition) is 3. The molecule has 1 aromatic carbocycles. The molecule has 0 aliphatic carbocycles. The lowest BCUT2D eigenvalue weighted by molar-refractivity contribution is -0.138. The molecule has 16 heavy (non-hydrogen) atoms. The van der Waals surface area contributed by atoms with Crippen LogP contribution >= 0.6 is 0 Å². The van der Waals surface area contributed by atoms with Gasteiger partial charge in [0.1, 0.15) is 11.9 Å². The number of benzene rings is 1. The number of hydrogen-bond donors (Lipinski definition) is 1. The summed E-state index contributed by atoms with van der Waals surface area (Å²) >= 11 is 0. The number of carboxylic acids is 1. The van der Waals surface area contributed by atoms with Gasteiger partial charge in [0.2, 0.25) is 0 Å². The molecule has 0 saturated carbocycles. The van der Waals surface area contributed by atoms with Crippen LogP contribution in [0.3, 0.4) is 0 Å². The zero-order valence-corrected chi connectivity index (χ0v) is 8.77. The summed E-state index contributed by atoms with van der Waals surface area (Å²) in [6.07, 6.45) is 0. The van der Waals surface area contributed by atoms with Crippen molar-refractivity contribution < 1.29 is 14.3 Å². The largest absolute Gasteiger partial charge is 0.480 e. The van der Waals surface area contributed by atoms with E-state index in [1.165, 1.54) is 18.2 Å². The third kappa shape index (κ3) is 3.33. The van der Waals surface area contributed by atoms with Crippen LogP contribution in [0.4, 0.5) is 4.39 Å². The highest BCUT2D eigenvalue weighted by atomic mass is 19.1. The summed E-state index contributed by atoms with van der Waals surface area (Å²) in [5.41, 5.74) is 0.683. The van der Waals surface area contributed by atoms with Gasteiger partial charge in [-0.15, -0.1) is 0 Å². The SMILES string of the molecule is CN(CC(=O)O)Cc1ccc(F)c(C#N)c1. The second kappa shape index (κ2) is 5.24. The quantitative estimate of drug-likeness (QED) is 0.831. The summed E-state index contributed by atoms with van der Waals surface area (Å²) in [7, 11) is 1.64. The number of rotatable bonds is 4. The van der Waals surface area contributed by atoms with Gasteiger partial charge in [-0.1, -0.05) is 6.07 Å². The molecule has 1 N–H and O–H groups in total. The lowest BCUT2D eigenvalue weighted by Crippen LogP contribution is -2.25. The molecule has 0 bridgehead atoms. The topological polar surface area (TPSA) is 64.3 Å². The number of aliphatic carboxylic acids is 1. The molecular weight excluding hydrogens is 211 g/mol. The summed E-state index contributed by atoms with van der Waals surface area (Å²) in [4.78, 5) is 12.0. The Hall–Kier alpha value is -1.93. The van der Waals surface area contributed by atoms with Gasteiger partial charge >= 0.3 is 5.97 Å². The van der Waals surface area contributed by atoms with E-state index in [0.717, 1.165) is 0 Å². The van der Waals surface area contributed by atoms with E-state index in [2.05, 4.69) is 0 Å². The monoisotopic (exact) mass is 222 g/mol. The van der Waals surface area contributed by atoms with E-state index in [0.29, 0.717) is 12.1 Å². The molecule has 4 nitrogen and oxygen atoms in total. The first-order chi connectivity index (χ1) is 7.52. The van der Waals surface area contributed by atoms with Gasteiger partial charge in [-0.05, 0) is 24.7 Å². The fourth-order valence-corrected chi connectivity index (χ4v) is 1.35. The smallest absolute Gasteiger partial charge is 0.317 e. The molecule has 0 amide bonds. The van der Waals surface area contributed by atoms with Crippen molar-refractivity contribution in [2.75, 3.05) is 13.6 Å². The van der Waals surface area contributed by atoms with Crippen LogP contribution in [0.25, 0.3) is 0 Å². The van der Waals surface area contributed by atoms with E-state index in [1.807, 2.05) is 0 Å². The predicted molar refractivity (Wildman–Crippen MR) is 55.1 cm³/mol. The Bertz CT molecular complexity index is 440. The van der Waals surface area contributed by atoms with Crippen LogP contribution < -0.4 is 0 Å². The third-order valence-electron chi connectivity index (χ3n) is 2.01. The highest BCUT2D eigenvalue weighted by Crippen LogP contribution is 2.10. The number of halogens is 1. The Labute approximate surface area is 92.5 Å². The van der Waals surface area contributed by atoms with Crippen molar-refractivity contribution in [3.8, 4) is 6.07 Å². The van der Waals surface area contributed by atoms with E-state index in [4.69, 9.17) is 10.4 Å². The standard InChI is InChI=1S/C11H11FN2O2/c1-14(7-11(15)16)6-8-2-3-10(12)9(4-8)5-13/h2-4H,6-7H2,1H3,(H,15,16). The van der Waals surface area contributed by atoms with Crippen LogP contribution in [-0.2, 0) is 11.3 Å². The van der Waals surface area contributed by atoms with Crippen molar-refractivity contribution >= 4 is 5.97 Å². The highest BCUT2D eigenvalue weighted by Gasteiger charge is 2.07. The van der Waals surface area contributed by atoms with E-state index in [9.17, 15) is 9.18 Å². The first-order valence-electron chi connectivity index (χ1n) is 4.62. The van der Waals surface area contributed by atoms with Crippen molar-refractivity contribution in [3.05, 3.63) is 35.1 Å². The summed E-state index contributed by atoms with van der Waals surface area (Å²) < 4.78 is 13.0. The van der Waals surface area contributed by atoms with Crippen LogP contribution in [0.5, 0.6) is 0 Å². The molecule has 0 radical (unpaired) electrons. The fraction of sp³-hybridized carbons (Fsp3) is 0.273. The Morgan fingerprint density at radius 1 is 1.62 bits per heavy atom. The molecule has 1 rings (SSSR count). The van der Waals surface area contributed by atoms with Crippen molar-refractivity contribution in [3.63, 3.8) is 0 Å². The average molecular weight is 222 g/mol. The molecule has 0 aromatic heterocycles. The minimum atomic E-state index is -0.926. The van der Waals surface area contributed by atoms with E-state index >= 15 is 0 Å². The van der Waals surface area contributed by atoms with Gasteiger partial charge < -0.3 is 5.11 Å². The van der Waals surface area contributed by atoms with Crippen molar-refractivity contribution in [2.45, 2.75) is 6.54 Å². The zero-order valence-electron chi connectivity index (χ0n) is 8.77. The molecule has 84 valence electrons. The van der Waals surface area contributed by atoms with Gasteiger partial charge in [-0.2, -0.15) is 5.26 Å². The molecule has 0 heterocycles. The van der Waals surface area contributed by atoms with Gasteiger partial charge in [0.05, 0.1) is 12.1 Å². The van der Waals surface area contributed by atoms with Gasteiger partial charge in [-0.25, -0.2) is 4.39 Å². The lowest BCUT2D eigenvalue weighted by atomic mass is 10.1. The molecule has 0 aliphatic heterocycles. The highest BCUT2D eigenvalue weighted by molar-refractivity contribution is 5.69. The third-order valence-corrected chi connectivity index (χ3v) is 2.01. The van der Waals surface area contributed by atoms with Crippen LogP contribution in [0.1, 0.15) is 11.1 Å². The predicted octanol–water partition coefficient (Wildman–Crippen LogP) is 1.21. The molecule has 0 saturated heterocycles. The minimum absolute atomic E-state index is 0.0266. The van der Waals surface area contributed by atoms with Gasteiger partial charge in [0, 0.05) is 6.54 Å². The van der Waals surface area contributed by atoms with Crippen LogP contribution in [0, 0.1) is 17.1 Å². The second-order valence-electron chi connectivity index (χ2n) is 3.49. The Morgan fingerprint density at radius 2 is 2.31 bits per heavy atom. The maximum atomic E-state index is 13.0. The molecule has 5 heteroatoms. The summed E-state index contributed by atoms with van der Waals surface area (Å²) in [6, 6.07) is 5.91. The zero-order chi connectivity index (χ0) is 12.1. The molecule has 0 atom stereocenters. The molecule has 0 aliphatic rings. The Balaban J connectivity index is 2.75. The number of nitriles is 1. The van der Waals surface area contributed by atoms with Crippen molar-refractivity contribution in [2.24, 2.45) is 0 Å². The maximum absolute atomic E-state index is 13.0. The molecule has 1 aromatic rings. The molecule has 0 fully saturated rings. The summed E-state index contributed by atoms with van der Waals surface area (Å²) in [6.45, 7) is 0.264. The first-order valence-corrected chi connectivity index (χ1v) is 4.62. The molecular formula is C11H11FN2O2. The minimum Gasteiger partial charge on any atom is -0.480 e. The first kappa shape index (κ1) is 12.1. The summed E-state index contributed by atoms with van der Waals surface area (Å²) in [5, 5.41) is 17.2. The average Bonchev–Trinajstić information content (AvgIpc) is 2.19. The van der Waals surface area contributed by atoms with E-state index in [1.54, 1.807) is 18.0 Å². The maximum Gasteiger partial charge on any atom is 0.317 e. The normalized spacial score (nSPS) is 10.1.